The monoisotopic (exact) mass is 504 g/mol. The molecule has 194 valence electrons. The molecule has 0 radical (unpaired) electrons. The van der Waals surface area contributed by atoms with E-state index in [1.807, 2.05) is 24.3 Å². The van der Waals surface area contributed by atoms with Gasteiger partial charge in [0.25, 0.3) is 0 Å². The third kappa shape index (κ3) is 6.11. The molecule has 0 amide bonds. The molecule has 1 saturated heterocycles. The standard InChI is InChI=1S/C32H36N6/c33-32(38(35-34)21-20-26-10-4-1-5-11-26)31(29-18-16-28(17-19-29)27-12-6-2-7-13-27)37-24-22-36(23-25-37)30-14-8-3-9-15-30/h1-19,31,33,35H,20-25,34H2. The van der Waals surface area contributed by atoms with Gasteiger partial charge in [0.05, 0.1) is 6.04 Å². The Balaban J connectivity index is 1.37. The first kappa shape index (κ1) is 25.7. The van der Waals surface area contributed by atoms with Crippen LogP contribution in [0.15, 0.2) is 115 Å². The van der Waals surface area contributed by atoms with E-state index in [0.717, 1.165) is 38.2 Å². The summed E-state index contributed by atoms with van der Waals surface area (Å²) in [6, 6.07) is 39.8. The number of piperazine rings is 1. The number of amidine groups is 1. The highest BCUT2D eigenvalue weighted by molar-refractivity contribution is 5.86. The smallest absolute Gasteiger partial charge is 0.134 e. The number of hydrogen-bond donors (Lipinski definition) is 3. The van der Waals surface area contributed by atoms with Crippen LogP contribution in [0.4, 0.5) is 5.69 Å². The van der Waals surface area contributed by atoms with E-state index >= 15 is 0 Å². The Bertz CT molecular complexity index is 1270. The lowest BCUT2D eigenvalue weighted by Crippen LogP contribution is -2.55. The number of para-hydroxylation sites is 1. The molecule has 4 N–H and O–H groups in total. The quantitative estimate of drug-likeness (QED) is 0.128. The van der Waals surface area contributed by atoms with Crippen LogP contribution < -0.4 is 16.3 Å². The molecule has 0 spiro atoms. The highest BCUT2D eigenvalue weighted by Crippen LogP contribution is 2.29. The van der Waals surface area contributed by atoms with Gasteiger partial charge in [-0.1, -0.05) is 103 Å². The van der Waals surface area contributed by atoms with E-state index in [4.69, 9.17) is 5.84 Å². The Kier molecular flexibility index (Phi) is 8.46. The molecule has 1 fully saturated rings. The van der Waals surface area contributed by atoms with Crippen molar-refractivity contribution in [2.75, 3.05) is 37.6 Å². The van der Waals surface area contributed by atoms with Gasteiger partial charge in [-0.15, -0.1) is 0 Å². The molecule has 1 atom stereocenters. The van der Waals surface area contributed by atoms with E-state index in [1.54, 1.807) is 5.01 Å². The number of nitrogens with one attached hydrogen (secondary N) is 2. The Labute approximate surface area is 225 Å². The number of hydrazine groups is 2. The van der Waals surface area contributed by atoms with E-state index in [2.05, 4.69) is 106 Å². The van der Waals surface area contributed by atoms with Crippen molar-refractivity contribution in [3.63, 3.8) is 0 Å². The summed E-state index contributed by atoms with van der Waals surface area (Å²) in [7, 11) is 0. The van der Waals surface area contributed by atoms with Crippen LogP contribution in [-0.2, 0) is 6.42 Å². The Morgan fingerprint density at radius 1 is 0.737 bits per heavy atom. The molecule has 1 heterocycles. The second-order valence-electron chi connectivity index (χ2n) is 9.65. The Hall–Kier alpha value is -3.97. The van der Waals surface area contributed by atoms with Crippen LogP contribution in [0.2, 0.25) is 0 Å². The number of rotatable bonds is 9. The van der Waals surface area contributed by atoms with Crippen LogP contribution >= 0.6 is 0 Å². The first-order chi connectivity index (χ1) is 18.7. The van der Waals surface area contributed by atoms with Gasteiger partial charge in [0.15, 0.2) is 0 Å². The fourth-order valence-electron chi connectivity index (χ4n) is 5.19. The van der Waals surface area contributed by atoms with Crippen molar-refractivity contribution in [3.8, 4) is 11.1 Å². The molecule has 0 aromatic heterocycles. The highest BCUT2D eigenvalue weighted by atomic mass is 15.6. The topological polar surface area (TPSA) is 71.6 Å². The van der Waals surface area contributed by atoms with Crippen molar-refractivity contribution < 1.29 is 0 Å². The van der Waals surface area contributed by atoms with Crippen LogP contribution in [-0.4, -0.2) is 48.5 Å². The lowest BCUT2D eigenvalue weighted by molar-refractivity contribution is 0.201. The average molecular weight is 505 g/mol. The van der Waals surface area contributed by atoms with Gasteiger partial charge >= 0.3 is 0 Å². The molecular formula is C32H36N6. The maximum Gasteiger partial charge on any atom is 0.134 e. The summed E-state index contributed by atoms with van der Waals surface area (Å²) < 4.78 is 0. The van der Waals surface area contributed by atoms with Gasteiger partial charge in [0.1, 0.15) is 5.84 Å². The van der Waals surface area contributed by atoms with Crippen molar-refractivity contribution in [1.82, 2.24) is 15.4 Å². The Morgan fingerprint density at radius 2 is 1.29 bits per heavy atom. The molecule has 0 aliphatic carbocycles. The first-order valence-corrected chi connectivity index (χ1v) is 13.3. The summed E-state index contributed by atoms with van der Waals surface area (Å²) in [5.74, 6) is 6.45. The minimum absolute atomic E-state index is 0.204. The minimum Gasteiger partial charge on any atom is -0.369 e. The number of anilines is 1. The summed E-state index contributed by atoms with van der Waals surface area (Å²) in [5, 5.41) is 11.1. The third-order valence-corrected chi connectivity index (χ3v) is 7.31. The largest absolute Gasteiger partial charge is 0.369 e. The number of nitrogens with two attached hydrogens (primary N) is 1. The zero-order valence-corrected chi connectivity index (χ0v) is 21.7. The van der Waals surface area contributed by atoms with Crippen molar-refractivity contribution in [3.05, 3.63) is 126 Å². The van der Waals surface area contributed by atoms with Crippen LogP contribution in [0, 0.1) is 5.41 Å². The van der Waals surface area contributed by atoms with E-state index in [1.165, 1.54) is 22.4 Å². The molecule has 4 aromatic carbocycles. The predicted octanol–water partition coefficient (Wildman–Crippen LogP) is 5.12. The summed E-state index contributed by atoms with van der Waals surface area (Å²) >= 11 is 0. The molecule has 38 heavy (non-hydrogen) atoms. The second kappa shape index (κ2) is 12.5. The third-order valence-electron chi connectivity index (χ3n) is 7.31. The highest BCUT2D eigenvalue weighted by Gasteiger charge is 2.31. The van der Waals surface area contributed by atoms with E-state index < -0.39 is 0 Å². The molecule has 5 rings (SSSR count). The molecule has 1 aliphatic rings. The van der Waals surface area contributed by atoms with E-state index in [9.17, 15) is 5.41 Å². The lowest BCUT2D eigenvalue weighted by Gasteiger charge is -2.42. The predicted molar refractivity (Wildman–Crippen MR) is 157 cm³/mol. The van der Waals surface area contributed by atoms with Crippen molar-refractivity contribution in [2.45, 2.75) is 12.5 Å². The molecule has 0 saturated carbocycles. The maximum absolute atomic E-state index is 9.30. The molecule has 1 aliphatic heterocycles. The van der Waals surface area contributed by atoms with E-state index in [-0.39, 0.29) is 6.04 Å². The first-order valence-electron chi connectivity index (χ1n) is 13.3. The van der Waals surface area contributed by atoms with Crippen LogP contribution in [0.3, 0.4) is 0 Å². The zero-order chi connectivity index (χ0) is 26.2. The van der Waals surface area contributed by atoms with Gasteiger partial charge in [-0.2, -0.15) is 5.53 Å². The summed E-state index contributed by atoms with van der Waals surface area (Å²) in [6.45, 7) is 4.16. The van der Waals surface area contributed by atoms with Gasteiger partial charge in [-0.25, -0.2) is 0 Å². The molecule has 4 aromatic rings. The van der Waals surface area contributed by atoms with Gasteiger partial charge in [-0.3, -0.25) is 21.2 Å². The molecular weight excluding hydrogens is 468 g/mol. The van der Waals surface area contributed by atoms with Crippen LogP contribution in [0.5, 0.6) is 0 Å². The second-order valence-corrected chi connectivity index (χ2v) is 9.65. The van der Waals surface area contributed by atoms with Gasteiger partial charge in [0.2, 0.25) is 0 Å². The minimum atomic E-state index is -0.204. The molecule has 0 bridgehead atoms. The van der Waals surface area contributed by atoms with Gasteiger partial charge < -0.3 is 4.90 Å². The zero-order valence-electron chi connectivity index (χ0n) is 21.7. The molecule has 6 nitrogen and oxygen atoms in total. The lowest BCUT2D eigenvalue weighted by atomic mass is 9.98. The number of benzene rings is 4. The number of hydrogen-bond acceptors (Lipinski definition) is 5. The molecule has 6 heteroatoms. The summed E-state index contributed by atoms with van der Waals surface area (Å²) in [6.07, 6.45) is 0.800. The van der Waals surface area contributed by atoms with Crippen molar-refractivity contribution in [2.24, 2.45) is 5.84 Å². The summed E-state index contributed by atoms with van der Waals surface area (Å²) in [5.41, 5.74) is 8.74. The van der Waals surface area contributed by atoms with E-state index in [0.29, 0.717) is 12.4 Å². The van der Waals surface area contributed by atoms with Crippen molar-refractivity contribution in [1.29, 1.82) is 5.41 Å². The van der Waals surface area contributed by atoms with Crippen molar-refractivity contribution >= 4 is 11.5 Å². The summed E-state index contributed by atoms with van der Waals surface area (Å²) in [4.78, 5) is 4.83. The molecule has 1 unspecified atom stereocenters. The fourth-order valence-corrected chi connectivity index (χ4v) is 5.19. The fraction of sp³-hybridized carbons (Fsp3) is 0.219. The Morgan fingerprint density at radius 3 is 1.89 bits per heavy atom. The van der Waals surface area contributed by atoms with Gasteiger partial charge in [-0.05, 0) is 40.8 Å². The SMILES string of the molecule is N=C(C(c1ccc(-c2ccccc2)cc1)N1CCN(c2ccccc2)CC1)N(CCc1ccccc1)NN. The maximum atomic E-state index is 9.30. The van der Waals surface area contributed by atoms with Crippen LogP contribution in [0.25, 0.3) is 11.1 Å². The normalized spacial score (nSPS) is 14.7. The van der Waals surface area contributed by atoms with Gasteiger partial charge in [0, 0.05) is 38.4 Å². The van der Waals surface area contributed by atoms with Crippen LogP contribution in [0.1, 0.15) is 17.2 Å². The average Bonchev–Trinajstić information content (AvgIpc) is 3.00. The number of nitrogens with zero attached hydrogens (tertiary/aromatic N) is 3.